The van der Waals surface area contributed by atoms with Gasteiger partial charge >= 0.3 is 6.85 Å². The van der Waals surface area contributed by atoms with Gasteiger partial charge in [-0.1, -0.05) is 135 Å². The molecule has 2 aliphatic rings. The number of aromatic nitrogens is 2. The lowest BCUT2D eigenvalue weighted by atomic mass is 9.45. The van der Waals surface area contributed by atoms with Crippen molar-refractivity contribution < 1.29 is 0 Å². The third-order valence-electron chi connectivity index (χ3n) is 12.7. The van der Waals surface area contributed by atoms with Gasteiger partial charge in [0.05, 0.1) is 11.0 Å². The van der Waals surface area contributed by atoms with Crippen LogP contribution in [0.15, 0.2) is 109 Å². The molecular weight excluding hydrogens is 663 g/mol. The molecular formula is C52H51BN2. The third-order valence-corrected chi connectivity index (χ3v) is 12.7. The van der Waals surface area contributed by atoms with Crippen molar-refractivity contribution in [2.24, 2.45) is 0 Å². The topological polar surface area (TPSA) is 9.86 Å². The molecule has 0 aliphatic carbocycles. The van der Waals surface area contributed by atoms with Gasteiger partial charge in [-0.15, -0.1) is 0 Å². The van der Waals surface area contributed by atoms with Crippen LogP contribution in [0, 0.1) is 13.8 Å². The van der Waals surface area contributed by atoms with Gasteiger partial charge < -0.3 is 9.05 Å². The quantitative estimate of drug-likeness (QED) is 0.158. The van der Waals surface area contributed by atoms with E-state index in [0.717, 1.165) is 0 Å². The Balaban J connectivity index is 1.48. The number of rotatable bonds is 2. The molecule has 0 radical (unpaired) electrons. The van der Waals surface area contributed by atoms with Crippen LogP contribution in [0.1, 0.15) is 90.1 Å². The van der Waals surface area contributed by atoms with Crippen LogP contribution in [0.4, 0.5) is 0 Å². The van der Waals surface area contributed by atoms with Crippen molar-refractivity contribution in [2.75, 3.05) is 0 Å². The van der Waals surface area contributed by atoms with E-state index >= 15 is 0 Å². The molecule has 10 rings (SSSR count). The lowest BCUT2D eigenvalue weighted by Crippen LogP contribution is -2.56. The zero-order chi connectivity index (χ0) is 38.5. The summed E-state index contributed by atoms with van der Waals surface area (Å²) in [6.45, 7) is 25.7. The summed E-state index contributed by atoms with van der Waals surface area (Å²) in [5.74, 6) is 0. The zero-order valence-electron chi connectivity index (χ0n) is 34.4. The van der Waals surface area contributed by atoms with E-state index in [1.165, 1.54) is 111 Å². The summed E-state index contributed by atoms with van der Waals surface area (Å²) in [5.41, 5.74) is 22.7. The summed E-state index contributed by atoms with van der Waals surface area (Å²) in [5, 5.41) is 4.04. The molecule has 0 amide bonds. The van der Waals surface area contributed by atoms with Gasteiger partial charge in [-0.05, 0) is 116 Å². The predicted molar refractivity (Wildman–Crippen MR) is 239 cm³/mol. The Hall–Kier alpha value is -5.28. The highest BCUT2D eigenvalue weighted by atomic mass is 15.0. The van der Waals surface area contributed by atoms with Gasteiger partial charge in [-0.25, -0.2) is 0 Å². The first-order valence-electron chi connectivity index (χ1n) is 20.1. The van der Waals surface area contributed by atoms with Crippen LogP contribution < -0.4 is 10.9 Å². The molecule has 0 N–H and O–H groups in total. The van der Waals surface area contributed by atoms with E-state index in [1.54, 1.807) is 0 Å². The summed E-state index contributed by atoms with van der Waals surface area (Å²) < 4.78 is 5.41. The molecule has 2 aromatic heterocycles. The second kappa shape index (κ2) is 11.2. The fourth-order valence-corrected chi connectivity index (χ4v) is 9.78. The standard InChI is InChI=1S/C52H51BN2/c1-30-23-38-40-26-34(51(6,7)8)28-41-45(32-18-13-12-14-19-32)49(36-20-16-15-17-31(36)2)55(47(40)41)53-42-29-35(52(9,10)11)27-39-37-25-33(50(3,4)5)21-22-43(37)54(48(39)42)44(24-30)46(38)53/h12-29H,1-11H3. The van der Waals surface area contributed by atoms with Crippen molar-refractivity contribution in [1.29, 1.82) is 0 Å². The van der Waals surface area contributed by atoms with Gasteiger partial charge in [-0.2, -0.15) is 0 Å². The van der Waals surface area contributed by atoms with E-state index in [9.17, 15) is 0 Å². The molecule has 2 aliphatic heterocycles. The Morgan fingerprint density at radius 3 is 1.84 bits per heavy atom. The number of hydrogen-bond donors (Lipinski definition) is 0. The van der Waals surface area contributed by atoms with Crippen LogP contribution in [-0.2, 0) is 16.2 Å². The summed E-state index contributed by atoms with van der Waals surface area (Å²) in [6.07, 6.45) is 0. The highest BCUT2D eigenvalue weighted by Crippen LogP contribution is 2.50. The van der Waals surface area contributed by atoms with E-state index < -0.39 is 0 Å². The van der Waals surface area contributed by atoms with Gasteiger partial charge in [0.25, 0.3) is 0 Å². The average Bonchev–Trinajstić information content (AvgIpc) is 3.64. The monoisotopic (exact) mass is 714 g/mol. The summed E-state index contributed by atoms with van der Waals surface area (Å²) in [6, 6.07) is 42.6. The minimum absolute atomic E-state index is 0.0168. The maximum absolute atomic E-state index is 2.78. The molecule has 0 saturated heterocycles. The number of benzene rings is 6. The Bertz CT molecular complexity index is 2930. The van der Waals surface area contributed by atoms with Crippen molar-refractivity contribution in [1.82, 2.24) is 9.05 Å². The Morgan fingerprint density at radius 1 is 0.509 bits per heavy atom. The normalized spacial score (nSPS) is 13.7. The molecule has 2 nitrogen and oxygen atoms in total. The van der Waals surface area contributed by atoms with Crippen LogP contribution in [0.3, 0.4) is 0 Å². The molecule has 0 spiro atoms. The largest absolute Gasteiger partial charge is 0.375 e. The van der Waals surface area contributed by atoms with Crippen molar-refractivity contribution in [2.45, 2.75) is 92.4 Å². The lowest BCUT2D eigenvalue weighted by Gasteiger charge is -2.36. The summed E-state index contributed by atoms with van der Waals surface area (Å²) in [4.78, 5) is 0. The fourth-order valence-electron chi connectivity index (χ4n) is 9.78. The van der Waals surface area contributed by atoms with Crippen LogP contribution in [0.2, 0.25) is 0 Å². The second-order valence-electron chi connectivity index (χ2n) is 19.6. The van der Waals surface area contributed by atoms with Crippen LogP contribution >= 0.6 is 0 Å². The molecule has 6 aromatic carbocycles. The molecule has 0 fully saturated rings. The van der Waals surface area contributed by atoms with E-state index in [0.29, 0.717) is 0 Å². The molecule has 0 atom stereocenters. The maximum atomic E-state index is 2.78. The van der Waals surface area contributed by atoms with Crippen LogP contribution in [0.25, 0.3) is 71.9 Å². The highest BCUT2D eigenvalue weighted by Gasteiger charge is 2.44. The smallest absolute Gasteiger partial charge is 0.333 e. The highest BCUT2D eigenvalue weighted by molar-refractivity contribution is 6.90. The molecule has 3 heteroatoms. The SMILES string of the molecule is Cc1cc2c3c(c1)-n1c4ccc(C(C)(C)C)cc4c4cc(C(C)(C)C)cc(c41)B3n1c(-c3ccccc3C)c(-c3ccccc3)c3cc(C(C)(C)C)cc-2c31. The number of hydrogen-bond acceptors (Lipinski definition) is 0. The Kier molecular flexibility index (Phi) is 6.95. The first-order chi connectivity index (χ1) is 26.0. The van der Waals surface area contributed by atoms with E-state index in [4.69, 9.17) is 0 Å². The average molecular weight is 715 g/mol. The van der Waals surface area contributed by atoms with Crippen LogP contribution in [-0.4, -0.2) is 15.9 Å². The first kappa shape index (κ1) is 34.2. The second-order valence-corrected chi connectivity index (χ2v) is 19.6. The zero-order valence-corrected chi connectivity index (χ0v) is 34.4. The molecule has 272 valence electrons. The van der Waals surface area contributed by atoms with Crippen LogP contribution in [0.5, 0.6) is 0 Å². The number of fused-ring (bicyclic) bond motifs is 7. The lowest BCUT2D eigenvalue weighted by molar-refractivity contribution is 0.590. The van der Waals surface area contributed by atoms with Gasteiger partial charge in [-0.3, -0.25) is 0 Å². The minimum Gasteiger partial charge on any atom is -0.375 e. The van der Waals surface area contributed by atoms with Crippen molar-refractivity contribution >= 4 is 50.5 Å². The fraction of sp³-hybridized carbons (Fsp3) is 0.269. The van der Waals surface area contributed by atoms with Gasteiger partial charge in [0.1, 0.15) is 0 Å². The van der Waals surface area contributed by atoms with Crippen molar-refractivity contribution in [3.63, 3.8) is 0 Å². The number of nitrogens with zero attached hydrogens (tertiary/aromatic N) is 2. The Morgan fingerprint density at radius 2 is 1.15 bits per heavy atom. The minimum atomic E-state index is -0.0363. The molecule has 0 unspecified atom stereocenters. The number of aryl methyl sites for hydroxylation is 2. The molecule has 4 heterocycles. The molecule has 0 bridgehead atoms. The maximum Gasteiger partial charge on any atom is 0.333 e. The summed E-state index contributed by atoms with van der Waals surface area (Å²) in [7, 11) is 0. The molecule has 8 aromatic rings. The van der Waals surface area contributed by atoms with Gasteiger partial charge in [0.2, 0.25) is 0 Å². The van der Waals surface area contributed by atoms with E-state index in [1.807, 2.05) is 0 Å². The van der Waals surface area contributed by atoms with Gasteiger partial charge in [0, 0.05) is 49.7 Å². The summed E-state index contributed by atoms with van der Waals surface area (Å²) >= 11 is 0. The third kappa shape index (κ3) is 4.81. The Labute approximate surface area is 326 Å². The van der Waals surface area contributed by atoms with Gasteiger partial charge in [0.15, 0.2) is 0 Å². The van der Waals surface area contributed by atoms with E-state index in [-0.39, 0.29) is 23.1 Å². The first-order valence-corrected chi connectivity index (χ1v) is 20.1. The van der Waals surface area contributed by atoms with Crippen molar-refractivity contribution in [3.8, 4) is 39.2 Å². The molecule has 0 saturated carbocycles. The molecule has 55 heavy (non-hydrogen) atoms. The predicted octanol–water partition coefficient (Wildman–Crippen LogP) is 12.5. The van der Waals surface area contributed by atoms with E-state index in [2.05, 4.69) is 194 Å². The van der Waals surface area contributed by atoms with Crippen molar-refractivity contribution in [3.05, 3.63) is 137 Å².